The first-order valence-electron chi connectivity index (χ1n) is 5.99. The number of hydrogen-bond donors (Lipinski definition) is 0. The summed E-state index contributed by atoms with van der Waals surface area (Å²) in [5.74, 6) is 0.475. The molecule has 3 heteroatoms. The lowest BCUT2D eigenvalue weighted by Gasteiger charge is -2.31. The Balaban J connectivity index is 2.41. The van der Waals surface area contributed by atoms with Gasteiger partial charge in [0.15, 0.2) is 0 Å². The lowest BCUT2D eigenvalue weighted by atomic mass is 9.99. The largest absolute Gasteiger partial charge is 0.380 e. The fourth-order valence-electron chi connectivity index (χ4n) is 2.26. The second-order valence-corrected chi connectivity index (χ2v) is 4.40. The van der Waals surface area contributed by atoms with Crippen LogP contribution in [-0.2, 0) is 9.53 Å². The van der Waals surface area contributed by atoms with E-state index in [9.17, 15) is 4.79 Å². The van der Waals surface area contributed by atoms with Crippen LogP contribution in [0.25, 0.3) is 0 Å². The second kappa shape index (κ2) is 6.23. The average Bonchev–Trinajstić information content (AvgIpc) is 2.23. The van der Waals surface area contributed by atoms with Gasteiger partial charge in [0.25, 0.3) is 0 Å². The van der Waals surface area contributed by atoms with Crippen molar-refractivity contribution in [2.45, 2.75) is 39.2 Å². The van der Waals surface area contributed by atoms with Crippen molar-refractivity contribution in [3.05, 3.63) is 0 Å². The molecule has 0 radical (unpaired) electrons. The predicted octanol–water partition coefficient (Wildman–Crippen LogP) is 1.71. The summed E-state index contributed by atoms with van der Waals surface area (Å²) in [6.07, 6.45) is 2.89. The van der Waals surface area contributed by atoms with Crippen molar-refractivity contribution < 1.29 is 9.53 Å². The van der Waals surface area contributed by atoms with Gasteiger partial charge in [-0.2, -0.15) is 0 Å². The Morgan fingerprint density at radius 3 is 2.67 bits per heavy atom. The van der Waals surface area contributed by atoms with E-state index in [2.05, 4.69) is 25.8 Å². The van der Waals surface area contributed by atoms with Gasteiger partial charge < -0.3 is 9.64 Å². The zero-order chi connectivity index (χ0) is 11.3. The molecule has 3 nitrogen and oxygen atoms in total. The van der Waals surface area contributed by atoms with E-state index in [0.29, 0.717) is 31.5 Å². The molecule has 1 aliphatic rings. The number of rotatable bonds is 5. The number of Topliss-reactive ketones (excluding diaryl/α,β-unsaturated/α-hetero) is 1. The standard InChI is InChI=1S/C12H23NO2/c1-4-11(5-2)13(3)8-10-9-15-7-6-12(10)14/h10-11H,4-9H2,1-3H3. The molecule has 0 amide bonds. The van der Waals surface area contributed by atoms with Gasteiger partial charge in [0.1, 0.15) is 5.78 Å². The third kappa shape index (κ3) is 3.58. The number of ketones is 1. The summed E-state index contributed by atoms with van der Waals surface area (Å²) in [5, 5.41) is 0. The molecular formula is C12H23NO2. The van der Waals surface area contributed by atoms with Crippen LogP contribution in [0.1, 0.15) is 33.1 Å². The average molecular weight is 213 g/mol. The molecule has 0 spiro atoms. The van der Waals surface area contributed by atoms with Crippen LogP contribution in [0.4, 0.5) is 0 Å². The van der Waals surface area contributed by atoms with E-state index in [0.717, 1.165) is 19.4 Å². The van der Waals surface area contributed by atoms with E-state index >= 15 is 0 Å². The molecule has 88 valence electrons. The fourth-order valence-corrected chi connectivity index (χ4v) is 2.26. The minimum absolute atomic E-state index is 0.101. The Morgan fingerprint density at radius 1 is 1.47 bits per heavy atom. The van der Waals surface area contributed by atoms with Crippen molar-refractivity contribution in [1.29, 1.82) is 0 Å². The molecule has 1 rings (SSSR count). The summed E-state index contributed by atoms with van der Waals surface area (Å²) in [6, 6.07) is 0.597. The Labute approximate surface area is 92.8 Å². The minimum atomic E-state index is 0.101. The molecule has 1 heterocycles. The maximum atomic E-state index is 11.6. The van der Waals surface area contributed by atoms with E-state index in [4.69, 9.17) is 4.74 Å². The normalized spacial score (nSPS) is 22.7. The Bertz CT molecular complexity index is 202. The molecule has 1 aliphatic heterocycles. The van der Waals surface area contributed by atoms with E-state index < -0.39 is 0 Å². The first-order chi connectivity index (χ1) is 7.19. The molecule has 15 heavy (non-hydrogen) atoms. The van der Waals surface area contributed by atoms with Crippen molar-refractivity contribution in [3.63, 3.8) is 0 Å². The van der Waals surface area contributed by atoms with Gasteiger partial charge in [0.05, 0.1) is 19.1 Å². The Morgan fingerprint density at radius 2 is 2.13 bits per heavy atom. The van der Waals surface area contributed by atoms with Crippen LogP contribution >= 0.6 is 0 Å². The first-order valence-corrected chi connectivity index (χ1v) is 5.99. The maximum Gasteiger partial charge on any atom is 0.141 e. The summed E-state index contributed by atoms with van der Waals surface area (Å²) in [4.78, 5) is 13.9. The summed E-state index contributed by atoms with van der Waals surface area (Å²) < 4.78 is 5.35. The van der Waals surface area contributed by atoms with Gasteiger partial charge in [-0.1, -0.05) is 13.8 Å². The number of ether oxygens (including phenoxy) is 1. The molecule has 0 bridgehead atoms. The Kier molecular flexibility index (Phi) is 5.26. The molecular weight excluding hydrogens is 190 g/mol. The summed E-state index contributed by atoms with van der Waals surface area (Å²) in [6.45, 7) is 6.48. The van der Waals surface area contributed by atoms with Crippen molar-refractivity contribution in [2.75, 3.05) is 26.8 Å². The van der Waals surface area contributed by atoms with E-state index in [-0.39, 0.29) is 5.92 Å². The van der Waals surface area contributed by atoms with Crippen LogP contribution in [0.5, 0.6) is 0 Å². The quantitative estimate of drug-likeness (QED) is 0.696. The maximum absolute atomic E-state index is 11.6. The van der Waals surface area contributed by atoms with Crippen LogP contribution in [0, 0.1) is 5.92 Å². The van der Waals surface area contributed by atoms with Crippen LogP contribution in [0.2, 0.25) is 0 Å². The highest BCUT2D eigenvalue weighted by molar-refractivity contribution is 5.82. The van der Waals surface area contributed by atoms with Crippen LogP contribution in [-0.4, -0.2) is 43.5 Å². The SMILES string of the molecule is CCC(CC)N(C)CC1COCCC1=O. The lowest BCUT2D eigenvalue weighted by Crippen LogP contribution is -2.41. The van der Waals surface area contributed by atoms with Gasteiger partial charge in [0, 0.05) is 19.0 Å². The van der Waals surface area contributed by atoms with Gasteiger partial charge in [-0.25, -0.2) is 0 Å². The molecule has 0 aromatic heterocycles. The minimum Gasteiger partial charge on any atom is -0.380 e. The Hall–Kier alpha value is -0.410. The highest BCUT2D eigenvalue weighted by atomic mass is 16.5. The highest BCUT2D eigenvalue weighted by Gasteiger charge is 2.25. The second-order valence-electron chi connectivity index (χ2n) is 4.40. The lowest BCUT2D eigenvalue weighted by molar-refractivity contribution is -0.131. The molecule has 0 N–H and O–H groups in total. The van der Waals surface area contributed by atoms with Crippen LogP contribution in [0.3, 0.4) is 0 Å². The molecule has 1 atom stereocenters. The van der Waals surface area contributed by atoms with Gasteiger partial charge in [0.2, 0.25) is 0 Å². The number of carbonyl (C=O) groups excluding carboxylic acids is 1. The number of carbonyl (C=O) groups is 1. The predicted molar refractivity (Wildman–Crippen MR) is 60.9 cm³/mol. The smallest absolute Gasteiger partial charge is 0.141 e. The highest BCUT2D eigenvalue weighted by Crippen LogP contribution is 2.14. The third-order valence-electron chi connectivity index (χ3n) is 3.34. The summed E-state index contributed by atoms with van der Waals surface area (Å²) in [5.41, 5.74) is 0. The van der Waals surface area contributed by atoms with Gasteiger partial charge in [-0.05, 0) is 19.9 Å². The molecule has 1 fully saturated rings. The zero-order valence-corrected chi connectivity index (χ0v) is 10.2. The van der Waals surface area contributed by atoms with E-state index in [1.165, 1.54) is 0 Å². The molecule has 1 saturated heterocycles. The first kappa shape index (κ1) is 12.7. The van der Waals surface area contributed by atoms with E-state index in [1.807, 2.05) is 0 Å². The van der Waals surface area contributed by atoms with E-state index in [1.54, 1.807) is 0 Å². The van der Waals surface area contributed by atoms with Gasteiger partial charge in [-0.15, -0.1) is 0 Å². The van der Waals surface area contributed by atoms with Gasteiger partial charge in [-0.3, -0.25) is 4.79 Å². The molecule has 1 unspecified atom stereocenters. The van der Waals surface area contributed by atoms with Crippen molar-refractivity contribution >= 4 is 5.78 Å². The molecule has 0 aliphatic carbocycles. The van der Waals surface area contributed by atoms with Gasteiger partial charge >= 0.3 is 0 Å². The van der Waals surface area contributed by atoms with Crippen LogP contribution in [0.15, 0.2) is 0 Å². The molecule has 0 aromatic rings. The topological polar surface area (TPSA) is 29.5 Å². The fraction of sp³-hybridized carbons (Fsp3) is 0.917. The third-order valence-corrected chi connectivity index (χ3v) is 3.34. The van der Waals surface area contributed by atoms with Crippen molar-refractivity contribution in [3.8, 4) is 0 Å². The van der Waals surface area contributed by atoms with Crippen molar-refractivity contribution in [2.24, 2.45) is 5.92 Å². The number of nitrogens with zero attached hydrogens (tertiary/aromatic N) is 1. The molecule has 0 aromatic carbocycles. The number of hydrogen-bond acceptors (Lipinski definition) is 3. The zero-order valence-electron chi connectivity index (χ0n) is 10.2. The summed E-state index contributed by atoms with van der Waals surface area (Å²) >= 11 is 0. The van der Waals surface area contributed by atoms with Crippen LogP contribution < -0.4 is 0 Å². The molecule has 0 saturated carbocycles. The summed E-state index contributed by atoms with van der Waals surface area (Å²) in [7, 11) is 2.11. The monoisotopic (exact) mass is 213 g/mol. The van der Waals surface area contributed by atoms with Crippen molar-refractivity contribution in [1.82, 2.24) is 4.90 Å².